The fraction of sp³-hybridized carbons (Fsp3) is 0.667. The van der Waals surface area contributed by atoms with Gasteiger partial charge in [-0.05, 0) is 12.8 Å². The van der Waals surface area contributed by atoms with Crippen LogP contribution < -0.4 is 21.7 Å². The van der Waals surface area contributed by atoms with Crippen molar-refractivity contribution >= 4 is 11.9 Å². The van der Waals surface area contributed by atoms with Crippen molar-refractivity contribution in [2.45, 2.75) is 62.2 Å². The van der Waals surface area contributed by atoms with Crippen molar-refractivity contribution in [2.75, 3.05) is 13.2 Å². The maximum absolute atomic E-state index is 10.6. The van der Waals surface area contributed by atoms with Gasteiger partial charge in [-0.15, -0.1) is 0 Å². The molecule has 10 N–H and O–H groups in total. The van der Waals surface area contributed by atoms with Gasteiger partial charge in [0.2, 0.25) is 0 Å². The van der Waals surface area contributed by atoms with Crippen molar-refractivity contribution in [3.63, 3.8) is 0 Å². The molecule has 1 fully saturated rings. The first-order chi connectivity index (χ1) is 15.0. The van der Waals surface area contributed by atoms with Crippen LogP contribution in [0.25, 0.3) is 0 Å². The third-order valence-electron chi connectivity index (χ3n) is 4.79. The summed E-state index contributed by atoms with van der Waals surface area (Å²) in [5.41, 5.74) is 11.3. The van der Waals surface area contributed by atoms with Crippen LogP contribution in [0.1, 0.15) is 25.7 Å². The van der Waals surface area contributed by atoms with Crippen LogP contribution in [-0.4, -0.2) is 92.3 Å². The summed E-state index contributed by atoms with van der Waals surface area (Å²) in [7, 11) is 0. The molecule has 15 heteroatoms. The number of hydrogen-bond acceptors (Lipinski definition) is 14. The molecule has 0 radical (unpaired) electrons. The monoisotopic (exact) mass is 659 g/mol. The van der Waals surface area contributed by atoms with Gasteiger partial charge in [-0.25, -0.2) is 9.59 Å². The molecule has 6 unspecified atom stereocenters. The van der Waals surface area contributed by atoms with Gasteiger partial charge in [0, 0.05) is 23.6 Å². The summed E-state index contributed by atoms with van der Waals surface area (Å²) >= 11 is 0. The van der Waals surface area contributed by atoms with Crippen molar-refractivity contribution in [1.29, 1.82) is 0 Å². The summed E-state index contributed by atoms with van der Waals surface area (Å²) in [5, 5.41) is 73.5. The van der Waals surface area contributed by atoms with Crippen LogP contribution in [0.3, 0.4) is 0 Å². The fourth-order valence-corrected chi connectivity index (χ4v) is 2.82. The van der Waals surface area contributed by atoms with Crippen LogP contribution in [0.5, 0.6) is 0 Å². The van der Waals surface area contributed by atoms with Gasteiger partial charge in [0.05, 0.1) is 13.2 Å². The number of ether oxygens (including phenoxy) is 2. The van der Waals surface area contributed by atoms with Crippen LogP contribution in [0.4, 0.5) is 0 Å². The summed E-state index contributed by atoms with van der Waals surface area (Å²) in [6.07, 6.45) is -0.961. The van der Waals surface area contributed by atoms with Gasteiger partial charge in [0.15, 0.2) is 12.2 Å². The Labute approximate surface area is 203 Å². The topological polar surface area (TPSA) is 272 Å². The van der Waals surface area contributed by atoms with E-state index in [1.165, 1.54) is 12.8 Å². The molecule has 1 aliphatic carbocycles. The molecular weight excluding hydrogens is 631 g/mol. The number of carbonyl (C=O) groups is 2. The zero-order chi connectivity index (χ0) is 24.6. The molecule has 2 heterocycles. The number of hydrogen-bond donors (Lipinski definition) is 8. The van der Waals surface area contributed by atoms with E-state index >= 15 is 0 Å². The summed E-state index contributed by atoms with van der Waals surface area (Å²) in [4.78, 5) is 20.9. The largest absolute Gasteiger partial charge is 2.00 e. The Bertz CT molecular complexity index is 671. The first-order valence-corrected chi connectivity index (χ1v) is 9.67. The Morgan fingerprint density at radius 2 is 1.12 bits per heavy atom. The molecule has 0 aromatic rings. The average Bonchev–Trinajstić information content (AvgIpc) is 3.20. The van der Waals surface area contributed by atoms with E-state index in [0.29, 0.717) is 0 Å². The molecule has 6 atom stereocenters. The van der Waals surface area contributed by atoms with E-state index in [1.807, 2.05) is 0 Å². The van der Waals surface area contributed by atoms with Gasteiger partial charge in [0.25, 0.3) is 0 Å². The second kappa shape index (κ2) is 14.4. The average molecular weight is 660 g/mol. The van der Waals surface area contributed by atoms with E-state index in [-0.39, 0.29) is 33.1 Å². The third-order valence-corrected chi connectivity index (χ3v) is 4.79. The smallest absolute Gasteiger partial charge is 0.865 e. The van der Waals surface area contributed by atoms with E-state index in [0.717, 1.165) is 12.8 Å². The molecule has 192 valence electrons. The molecule has 3 aliphatic rings. The van der Waals surface area contributed by atoms with Crippen LogP contribution >= 0.6 is 0 Å². The van der Waals surface area contributed by atoms with Gasteiger partial charge < -0.3 is 61.8 Å². The standard InChI is InChI=1S/C6H14N2.2C6H8O6.Pt/c7-5-3-1-2-4-6(5)8;2*7-1-2(8)5-3(9)4(10)6(11)12-5;/h5-6H,1-4,7-8H2;2*2,5,7-10H,1H2;/q;;;+2/p-2. The number of aliphatic hydroxyl groups excluding tert-OH is 6. The van der Waals surface area contributed by atoms with Gasteiger partial charge in [-0.3, -0.25) is 0 Å². The zero-order valence-corrected chi connectivity index (χ0v) is 19.6. The van der Waals surface area contributed by atoms with E-state index in [2.05, 4.69) is 9.47 Å². The minimum atomic E-state index is -1.46. The number of rotatable bonds is 4. The number of aliphatic hydroxyl groups is 6. The van der Waals surface area contributed by atoms with Gasteiger partial charge >= 0.3 is 33.0 Å². The van der Waals surface area contributed by atoms with E-state index in [9.17, 15) is 19.8 Å². The first-order valence-electron chi connectivity index (χ1n) is 9.67. The fourth-order valence-electron chi connectivity index (χ4n) is 2.82. The van der Waals surface area contributed by atoms with E-state index in [4.69, 9.17) is 42.1 Å². The van der Waals surface area contributed by atoms with Crippen LogP contribution in [0, 0.1) is 0 Å². The Kier molecular flexibility index (Phi) is 13.5. The van der Waals surface area contributed by atoms with Crippen molar-refractivity contribution < 1.29 is 81.0 Å². The molecule has 2 aliphatic heterocycles. The first kappa shape index (κ1) is 31.1. The van der Waals surface area contributed by atoms with E-state index in [1.54, 1.807) is 0 Å². The number of carbonyl (C=O) groups excluding carboxylic acids is 2. The van der Waals surface area contributed by atoms with Crippen molar-refractivity contribution in [2.24, 2.45) is 11.5 Å². The molecule has 0 amide bonds. The Morgan fingerprint density at radius 1 is 0.818 bits per heavy atom. The molecule has 0 aromatic heterocycles. The number of cyclic esters (lactones) is 2. The van der Waals surface area contributed by atoms with Crippen molar-refractivity contribution in [3.05, 3.63) is 23.0 Å². The third kappa shape index (κ3) is 8.41. The minimum absolute atomic E-state index is 0. The summed E-state index contributed by atoms with van der Waals surface area (Å²) in [5.74, 6) is -6.50. The molecule has 33 heavy (non-hydrogen) atoms. The molecule has 1 saturated carbocycles. The molecule has 0 bridgehead atoms. The zero-order valence-electron chi connectivity index (χ0n) is 17.3. The number of esters is 2. The molecule has 0 saturated heterocycles. The van der Waals surface area contributed by atoms with E-state index < -0.39 is 72.6 Å². The predicted octanol–water partition coefficient (Wildman–Crippen LogP) is -5.00. The molecule has 14 nitrogen and oxygen atoms in total. The molecule has 0 spiro atoms. The summed E-state index contributed by atoms with van der Waals surface area (Å²) < 4.78 is 8.51. The summed E-state index contributed by atoms with van der Waals surface area (Å²) in [6, 6.07) is 0.562. The maximum atomic E-state index is 10.6. The normalized spacial score (nSPS) is 28.4. The second-order valence-corrected chi connectivity index (χ2v) is 7.19. The van der Waals surface area contributed by atoms with Crippen LogP contribution in [0.2, 0.25) is 0 Å². The predicted molar refractivity (Wildman–Crippen MR) is 99.7 cm³/mol. The van der Waals surface area contributed by atoms with Crippen LogP contribution in [-0.2, 0) is 40.1 Å². The van der Waals surface area contributed by atoms with Gasteiger partial charge in [0.1, 0.15) is 23.7 Å². The maximum Gasteiger partial charge on any atom is 2.00 e. The Balaban J connectivity index is 0.000000468. The number of nitrogens with two attached hydrogens (primary N) is 2. The summed E-state index contributed by atoms with van der Waals surface area (Å²) in [6.45, 7) is -1.40. The SMILES string of the molecule is NC1CCCCC1N.O=C1OC(C(O)CO)C(O)=C1[O-].O=C1OC(C(O)CO)C(O)=C1[O-].[Pt+2]. The van der Waals surface area contributed by atoms with Crippen molar-refractivity contribution in [1.82, 2.24) is 0 Å². The second-order valence-electron chi connectivity index (χ2n) is 7.19. The Morgan fingerprint density at radius 3 is 1.30 bits per heavy atom. The molecule has 0 aromatic carbocycles. The van der Waals surface area contributed by atoms with Crippen molar-refractivity contribution in [3.8, 4) is 0 Å². The van der Waals surface area contributed by atoms with Gasteiger partial charge in [-0.1, -0.05) is 12.8 Å². The molecular formula is C18H28N2O12Pt. The Hall–Kier alpha value is -1.93. The van der Waals surface area contributed by atoms with Crippen LogP contribution in [0.15, 0.2) is 23.0 Å². The minimum Gasteiger partial charge on any atom is -0.865 e. The quantitative estimate of drug-likeness (QED) is 0.131. The molecule has 3 rings (SSSR count). The van der Waals surface area contributed by atoms with Gasteiger partial charge in [-0.2, -0.15) is 0 Å².